The van der Waals surface area contributed by atoms with Gasteiger partial charge in [-0.25, -0.2) is 4.79 Å². The number of nitrogens with zero attached hydrogens (tertiary/aromatic N) is 5. The molecule has 156 valence electrons. The summed E-state index contributed by atoms with van der Waals surface area (Å²) in [4.78, 5) is 30.7. The smallest absolute Gasteiger partial charge is 0.355 e. The Kier molecular flexibility index (Phi) is 4.28. The predicted octanol–water partition coefficient (Wildman–Crippen LogP) is 1.58. The van der Waals surface area contributed by atoms with Crippen molar-refractivity contribution in [1.29, 1.82) is 0 Å². The Morgan fingerprint density at radius 3 is 2.77 bits per heavy atom. The molecule has 0 aliphatic rings. The van der Waals surface area contributed by atoms with Crippen molar-refractivity contribution in [2.24, 2.45) is 14.1 Å². The molecule has 0 unspecified atom stereocenters. The SMILES string of the molecule is Cn1nccc1CNC(=O)c1cc(-c2ccc3[nH]c(-c4nc(=O)[nH]o4)cc3c2)n(C)n1. The fraction of sp³-hybridized carbons (Fsp3) is 0.150. The zero-order valence-electron chi connectivity index (χ0n) is 16.7. The number of hydrogen-bond acceptors (Lipinski definition) is 6. The van der Waals surface area contributed by atoms with Crippen molar-refractivity contribution in [2.75, 3.05) is 0 Å². The fourth-order valence-corrected chi connectivity index (χ4v) is 3.44. The average molecular weight is 418 g/mol. The number of nitrogens with one attached hydrogen (secondary N) is 3. The van der Waals surface area contributed by atoms with Crippen LogP contribution in [0.5, 0.6) is 0 Å². The zero-order valence-corrected chi connectivity index (χ0v) is 16.7. The molecule has 11 heteroatoms. The number of carbonyl (C=O) groups is 1. The van der Waals surface area contributed by atoms with Crippen molar-refractivity contribution in [1.82, 2.24) is 40.0 Å². The molecule has 5 rings (SSSR count). The van der Waals surface area contributed by atoms with Crippen molar-refractivity contribution in [2.45, 2.75) is 6.54 Å². The third-order valence-corrected chi connectivity index (χ3v) is 5.05. The highest BCUT2D eigenvalue weighted by Gasteiger charge is 2.16. The van der Waals surface area contributed by atoms with Gasteiger partial charge in [-0.15, -0.1) is 0 Å². The van der Waals surface area contributed by atoms with Gasteiger partial charge in [-0.1, -0.05) is 6.07 Å². The second-order valence-corrected chi connectivity index (χ2v) is 7.08. The highest BCUT2D eigenvalue weighted by molar-refractivity contribution is 5.94. The minimum Gasteiger partial charge on any atom is -0.355 e. The van der Waals surface area contributed by atoms with Gasteiger partial charge in [-0.3, -0.25) is 14.2 Å². The van der Waals surface area contributed by atoms with Gasteiger partial charge in [0.05, 0.1) is 17.9 Å². The van der Waals surface area contributed by atoms with Gasteiger partial charge in [-0.05, 0) is 30.3 Å². The van der Waals surface area contributed by atoms with Crippen molar-refractivity contribution in [3.05, 3.63) is 64.5 Å². The number of hydrogen-bond donors (Lipinski definition) is 3. The molecule has 0 saturated carbocycles. The van der Waals surface area contributed by atoms with Crippen molar-refractivity contribution >= 4 is 16.8 Å². The van der Waals surface area contributed by atoms with Gasteiger partial charge in [0.1, 0.15) is 5.69 Å². The van der Waals surface area contributed by atoms with Crippen molar-refractivity contribution in [3.63, 3.8) is 0 Å². The molecule has 4 heterocycles. The number of rotatable bonds is 5. The van der Waals surface area contributed by atoms with Gasteiger partial charge in [0.2, 0.25) is 0 Å². The molecule has 0 aliphatic heterocycles. The highest BCUT2D eigenvalue weighted by Crippen LogP contribution is 2.27. The predicted molar refractivity (Wildman–Crippen MR) is 111 cm³/mol. The van der Waals surface area contributed by atoms with E-state index in [9.17, 15) is 9.59 Å². The van der Waals surface area contributed by atoms with Gasteiger partial charge < -0.3 is 14.8 Å². The first-order valence-electron chi connectivity index (χ1n) is 9.46. The van der Waals surface area contributed by atoms with Crippen LogP contribution in [0.1, 0.15) is 16.2 Å². The molecule has 0 radical (unpaired) electrons. The minimum atomic E-state index is -0.543. The van der Waals surface area contributed by atoms with Gasteiger partial charge >= 0.3 is 5.69 Å². The lowest BCUT2D eigenvalue weighted by Gasteiger charge is -2.03. The summed E-state index contributed by atoms with van der Waals surface area (Å²) in [7, 11) is 3.61. The molecule has 3 N–H and O–H groups in total. The second-order valence-electron chi connectivity index (χ2n) is 7.08. The van der Waals surface area contributed by atoms with Crippen molar-refractivity contribution in [3.8, 4) is 22.8 Å². The van der Waals surface area contributed by atoms with E-state index >= 15 is 0 Å². The van der Waals surface area contributed by atoms with Crippen molar-refractivity contribution < 1.29 is 9.32 Å². The lowest BCUT2D eigenvalue weighted by Crippen LogP contribution is -2.24. The monoisotopic (exact) mass is 418 g/mol. The number of aromatic amines is 2. The van der Waals surface area contributed by atoms with Gasteiger partial charge in [0.15, 0.2) is 5.69 Å². The Bertz CT molecular complexity index is 1460. The quantitative estimate of drug-likeness (QED) is 0.396. The van der Waals surface area contributed by atoms with E-state index < -0.39 is 5.69 Å². The molecule has 4 aromatic heterocycles. The molecule has 1 aromatic carbocycles. The van der Waals surface area contributed by atoms with E-state index in [2.05, 4.69) is 30.6 Å². The first kappa shape index (κ1) is 18.6. The lowest BCUT2D eigenvalue weighted by atomic mass is 10.1. The Morgan fingerprint density at radius 1 is 1.16 bits per heavy atom. The fourth-order valence-electron chi connectivity index (χ4n) is 3.44. The van der Waals surface area contributed by atoms with Gasteiger partial charge in [0, 0.05) is 36.8 Å². The van der Waals surface area contributed by atoms with Crippen LogP contribution in [0.4, 0.5) is 0 Å². The summed E-state index contributed by atoms with van der Waals surface area (Å²) in [6.07, 6.45) is 1.68. The van der Waals surface area contributed by atoms with Gasteiger partial charge in [-0.2, -0.15) is 20.3 Å². The summed E-state index contributed by atoms with van der Waals surface area (Å²) in [5.41, 5.74) is 3.81. The molecule has 0 spiro atoms. The molecule has 1 amide bonds. The largest absolute Gasteiger partial charge is 0.377 e. The zero-order chi connectivity index (χ0) is 21.5. The number of carbonyl (C=O) groups excluding carboxylic acids is 1. The summed E-state index contributed by atoms with van der Waals surface area (Å²) in [6.45, 7) is 0.364. The molecule has 0 aliphatic carbocycles. The Labute approximate surface area is 174 Å². The summed E-state index contributed by atoms with van der Waals surface area (Å²) >= 11 is 0. The van der Waals surface area contributed by atoms with Crippen LogP contribution in [0.25, 0.3) is 33.7 Å². The van der Waals surface area contributed by atoms with Crippen LogP contribution >= 0.6 is 0 Å². The van der Waals surface area contributed by atoms with E-state index in [0.29, 0.717) is 17.9 Å². The van der Waals surface area contributed by atoms with Crippen LogP contribution in [-0.4, -0.2) is 40.6 Å². The average Bonchev–Trinajstić information content (AvgIpc) is 3.52. The number of aryl methyl sites for hydroxylation is 2. The van der Waals surface area contributed by atoms with Crippen LogP contribution < -0.4 is 11.0 Å². The first-order valence-corrected chi connectivity index (χ1v) is 9.46. The van der Waals surface area contributed by atoms with E-state index in [1.807, 2.05) is 37.4 Å². The second kappa shape index (κ2) is 7.13. The number of benzene rings is 1. The summed E-state index contributed by atoms with van der Waals surface area (Å²) in [5, 5.41) is 14.4. The maximum atomic E-state index is 12.6. The maximum Gasteiger partial charge on any atom is 0.377 e. The third kappa shape index (κ3) is 3.41. The molecule has 11 nitrogen and oxygen atoms in total. The normalized spacial score (nSPS) is 11.3. The lowest BCUT2D eigenvalue weighted by molar-refractivity contribution is 0.0944. The molecule has 0 bridgehead atoms. The number of amides is 1. The van der Waals surface area contributed by atoms with Gasteiger partial charge in [0.25, 0.3) is 11.8 Å². The summed E-state index contributed by atoms with van der Waals surface area (Å²) < 4.78 is 8.43. The van der Waals surface area contributed by atoms with Crippen LogP contribution in [0, 0.1) is 0 Å². The van der Waals surface area contributed by atoms with E-state index in [-0.39, 0.29) is 11.8 Å². The molecule has 0 saturated heterocycles. The molecule has 5 aromatic rings. The third-order valence-electron chi connectivity index (χ3n) is 5.05. The van der Waals surface area contributed by atoms with Crippen LogP contribution in [0.3, 0.4) is 0 Å². The first-order chi connectivity index (χ1) is 15.0. The number of fused-ring (bicyclic) bond motifs is 1. The van der Waals surface area contributed by atoms with Crippen LogP contribution in [-0.2, 0) is 20.6 Å². The Morgan fingerprint density at radius 2 is 2.03 bits per heavy atom. The van der Waals surface area contributed by atoms with E-state index in [1.54, 1.807) is 28.7 Å². The molecule has 0 atom stereocenters. The number of aromatic nitrogens is 7. The van der Waals surface area contributed by atoms with E-state index in [0.717, 1.165) is 27.9 Å². The van der Waals surface area contributed by atoms with Crippen LogP contribution in [0.15, 0.2) is 51.9 Å². The van der Waals surface area contributed by atoms with Crippen LogP contribution in [0.2, 0.25) is 0 Å². The maximum absolute atomic E-state index is 12.6. The standard InChI is InChI=1S/C20H18N8O3/c1-27-13(5-6-22-27)10-21-18(29)15-9-17(28(2)25-15)11-3-4-14-12(7-11)8-16(23-14)19-24-20(30)26-31-19/h3-9,23H,10H2,1-2H3,(H,21,29)(H,26,30). The summed E-state index contributed by atoms with van der Waals surface area (Å²) in [6, 6.07) is 11.2. The number of H-pyrrole nitrogens is 2. The minimum absolute atomic E-state index is 0.190. The Hall–Kier alpha value is -4.41. The Balaban J connectivity index is 1.40. The molecular formula is C20H18N8O3. The van der Waals surface area contributed by atoms with E-state index in [1.165, 1.54) is 0 Å². The van der Waals surface area contributed by atoms with E-state index in [4.69, 9.17) is 4.52 Å². The molecule has 0 fully saturated rings. The molecular weight excluding hydrogens is 400 g/mol. The topological polar surface area (TPSA) is 139 Å². The molecule has 31 heavy (non-hydrogen) atoms. The highest BCUT2D eigenvalue weighted by atomic mass is 16.5. The summed E-state index contributed by atoms with van der Waals surface area (Å²) in [5.74, 6) is -0.0720.